The van der Waals surface area contributed by atoms with Crippen molar-refractivity contribution in [1.29, 1.82) is 0 Å². The maximum Gasteiger partial charge on any atom is 0.0781 e. The molecule has 0 aliphatic heterocycles. The molecular formula is C10H16O. The second-order valence-electron chi connectivity index (χ2n) is 4.67. The summed E-state index contributed by atoms with van der Waals surface area (Å²) in [5, 5.41) is 9.72. The molecule has 3 saturated carbocycles. The van der Waals surface area contributed by atoms with Crippen LogP contribution in [0.2, 0.25) is 0 Å². The summed E-state index contributed by atoms with van der Waals surface area (Å²) in [5.41, 5.74) is 1.44. The topological polar surface area (TPSA) is 20.2 Å². The molecule has 0 spiro atoms. The minimum atomic E-state index is -0.213. The summed E-state index contributed by atoms with van der Waals surface area (Å²) < 4.78 is 0. The van der Waals surface area contributed by atoms with Gasteiger partial charge in [-0.25, -0.2) is 0 Å². The van der Waals surface area contributed by atoms with E-state index in [9.17, 15) is 5.11 Å². The van der Waals surface area contributed by atoms with Gasteiger partial charge < -0.3 is 5.11 Å². The van der Waals surface area contributed by atoms with Gasteiger partial charge in [-0.1, -0.05) is 20.4 Å². The van der Waals surface area contributed by atoms with Crippen molar-refractivity contribution < 1.29 is 5.11 Å². The number of hydrogen-bond acceptors (Lipinski definition) is 1. The molecule has 0 radical (unpaired) electrons. The Morgan fingerprint density at radius 1 is 1.55 bits per heavy atom. The molecule has 0 amide bonds. The van der Waals surface area contributed by atoms with E-state index < -0.39 is 0 Å². The lowest BCUT2D eigenvalue weighted by Gasteiger charge is -2.59. The van der Waals surface area contributed by atoms with E-state index in [-0.39, 0.29) is 6.10 Å². The highest BCUT2D eigenvalue weighted by atomic mass is 16.3. The molecule has 1 heteroatoms. The van der Waals surface area contributed by atoms with Crippen molar-refractivity contribution in [3.05, 3.63) is 12.2 Å². The van der Waals surface area contributed by atoms with Crippen molar-refractivity contribution in [3.8, 4) is 0 Å². The molecule has 3 rings (SSSR count). The fraction of sp³-hybridized carbons (Fsp3) is 0.800. The Balaban J connectivity index is 2.23. The lowest BCUT2D eigenvalue weighted by atomic mass is 9.47. The predicted molar refractivity (Wildman–Crippen MR) is 45.1 cm³/mol. The third-order valence-electron chi connectivity index (χ3n) is 3.85. The van der Waals surface area contributed by atoms with Crippen molar-refractivity contribution in [1.82, 2.24) is 0 Å². The van der Waals surface area contributed by atoms with E-state index in [4.69, 9.17) is 0 Å². The Morgan fingerprint density at radius 3 is 2.55 bits per heavy atom. The van der Waals surface area contributed by atoms with Crippen molar-refractivity contribution >= 4 is 0 Å². The van der Waals surface area contributed by atoms with Gasteiger partial charge in [0, 0.05) is 0 Å². The number of hydrogen-bond donors (Lipinski definition) is 1. The van der Waals surface area contributed by atoms with Crippen LogP contribution in [0.4, 0.5) is 0 Å². The first kappa shape index (κ1) is 7.35. The van der Waals surface area contributed by atoms with E-state index in [1.807, 2.05) is 0 Å². The van der Waals surface area contributed by atoms with Crippen molar-refractivity contribution in [2.24, 2.45) is 17.3 Å². The van der Waals surface area contributed by atoms with Crippen LogP contribution in [0.15, 0.2) is 12.2 Å². The zero-order valence-corrected chi connectivity index (χ0v) is 7.30. The third-order valence-corrected chi connectivity index (χ3v) is 3.85. The quantitative estimate of drug-likeness (QED) is 0.526. The van der Waals surface area contributed by atoms with E-state index in [0.29, 0.717) is 11.3 Å². The first-order valence-corrected chi connectivity index (χ1v) is 4.39. The highest BCUT2D eigenvalue weighted by molar-refractivity contribution is 5.20. The minimum Gasteiger partial charge on any atom is -0.388 e. The first-order chi connectivity index (χ1) is 5.03. The average Bonchev–Trinajstić information content (AvgIpc) is 1.93. The van der Waals surface area contributed by atoms with Gasteiger partial charge >= 0.3 is 0 Å². The molecule has 62 valence electrons. The molecule has 0 aromatic rings. The van der Waals surface area contributed by atoms with Gasteiger partial charge in [0.1, 0.15) is 0 Å². The second-order valence-corrected chi connectivity index (χ2v) is 4.67. The highest BCUT2D eigenvalue weighted by Gasteiger charge is 2.55. The fourth-order valence-corrected chi connectivity index (χ4v) is 2.66. The molecule has 0 aromatic heterocycles. The van der Waals surface area contributed by atoms with Gasteiger partial charge in [0.05, 0.1) is 6.10 Å². The van der Waals surface area contributed by atoms with Crippen LogP contribution in [0.1, 0.15) is 26.7 Å². The van der Waals surface area contributed by atoms with E-state index >= 15 is 0 Å². The zero-order valence-electron chi connectivity index (χ0n) is 7.30. The molecule has 1 N–H and O–H groups in total. The minimum absolute atomic E-state index is 0.213. The molecule has 0 saturated heterocycles. The molecule has 0 heterocycles. The van der Waals surface area contributed by atoms with Crippen molar-refractivity contribution in [3.63, 3.8) is 0 Å². The molecule has 0 unspecified atom stereocenters. The Morgan fingerprint density at radius 2 is 2.18 bits per heavy atom. The number of fused-ring (bicyclic) bond motifs is 2. The van der Waals surface area contributed by atoms with Gasteiger partial charge in [0.2, 0.25) is 0 Å². The van der Waals surface area contributed by atoms with E-state index in [1.165, 1.54) is 6.42 Å². The molecule has 3 aliphatic carbocycles. The van der Waals surface area contributed by atoms with E-state index in [1.54, 1.807) is 0 Å². The van der Waals surface area contributed by atoms with Gasteiger partial charge in [-0.15, -0.1) is 0 Å². The van der Waals surface area contributed by atoms with Crippen LogP contribution in [0.3, 0.4) is 0 Å². The third kappa shape index (κ3) is 0.750. The maximum absolute atomic E-state index is 9.72. The summed E-state index contributed by atoms with van der Waals surface area (Å²) >= 11 is 0. The van der Waals surface area contributed by atoms with Gasteiger partial charge in [-0.3, -0.25) is 0 Å². The van der Waals surface area contributed by atoms with Crippen LogP contribution in [-0.2, 0) is 0 Å². The van der Waals surface area contributed by atoms with Crippen LogP contribution in [0, 0.1) is 17.3 Å². The van der Waals surface area contributed by atoms with Crippen LogP contribution < -0.4 is 0 Å². The molecule has 1 nitrogen and oxygen atoms in total. The van der Waals surface area contributed by atoms with Gasteiger partial charge in [-0.05, 0) is 35.7 Å². The average molecular weight is 152 g/mol. The summed E-state index contributed by atoms with van der Waals surface area (Å²) in [6.07, 6.45) is 2.05. The molecule has 3 fully saturated rings. The van der Waals surface area contributed by atoms with Crippen molar-refractivity contribution in [2.45, 2.75) is 32.8 Å². The number of aliphatic hydroxyl groups excluding tert-OH is 1. The normalized spacial score (nSPS) is 46.8. The summed E-state index contributed by atoms with van der Waals surface area (Å²) in [6.45, 7) is 8.42. The first-order valence-electron chi connectivity index (χ1n) is 4.39. The monoisotopic (exact) mass is 152 g/mol. The van der Waals surface area contributed by atoms with Crippen LogP contribution in [-0.4, -0.2) is 11.2 Å². The summed E-state index contributed by atoms with van der Waals surface area (Å²) in [6, 6.07) is 0. The molecule has 3 aliphatic rings. The molecule has 11 heavy (non-hydrogen) atoms. The smallest absolute Gasteiger partial charge is 0.0781 e. The van der Waals surface area contributed by atoms with Gasteiger partial charge in [0.25, 0.3) is 0 Å². The van der Waals surface area contributed by atoms with E-state index in [0.717, 1.165) is 17.9 Å². The Labute approximate surface area is 68.1 Å². The van der Waals surface area contributed by atoms with Crippen LogP contribution >= 0.6 is 0 Å². The molecular weight excluding hydrogens is 136 g/mol. The van der Waals surface area contributed by atoms with Crippen LogP contribution in [0.5, 0.6) is 0 Å². The number of aliphatic hydroxyl groups is 1. The zero-order chi connectivity index (χ0) is 8.22. The summed E-state index contributed by atoms with van der Waals surface area (Å²) in [4.78, 5) is 0. The largest absolute Gasteiger partial charge is 0.388 e. The Hall–Kier alpha value is -0.300. The lowest BCUT2D eigenvalue weighted by molar-refractivity contribution is -0.110. The van der Waals surface area contributed by atoms with Gasteiger partial charge in [-0.2, -0.15) is 0 Å². The highest BCUT2D eigenvalue weighted by Crippen LogP contribution is 2.60. The van der Waals surface area contributed by atoms with E-state index in [2.05, 4.69) is 20.4 Å². The standard InChI is InChI=1S/C10H16O/c1-6-4-7-5-8(9(6)11)10(7,2)3/h7-9,11H,1,4-5H2,2-3H3/t7-,8-,9-/m1/s1. The lowest BCUT2D eigenvalue weighted by Crippen LogP contribution is -2.55. The fourth-order valence-electron chi connectivity index (χ4n) is 2.66. The molecule has 3 atom stereocenters. The molecule has 2 bridgehead atoms. The predicted octanol–water partition coefficient (Wildman–Crippen LogP) is 1.97. The second kappa shape index (κ2) is 1.89. The summed E-state index contributed by atoms with van der Waals surface area (Å²) in [5.74, 6) is 1.29. The summed E-state index contributed by atoms with van der Waals surface area (Å²) in [7, 11) is 0. The Bertz CT molecular complexity index is 205. The molecule has 0 aromatic carbocycles. The number of rotatable bonds is 0. The maximum atomic E-state index is 9.72. The van der Waals surface area contributed by atoms with Crippen molar-refractivity contribution in [2.75, 3.05) is 0 Å². The van der Waals surface area contributed by atoms with Gasteiger partial charge in [0.15, 0.2) is 0 Å². The van der Waals surface area contributed by atoms with Crippen LogP contribution in [0.25, 0.3) is 0 Å². The SMILES string of the molecule is C=C1C[C@@H]2C[C@H]([C@@H]1O)C2(C)C. The Kier molecular flexibility index (Phi) is 1.26.